The molecule has 0 radical (unpaired) electrons. The molecule has 2 atom stereocenters. The second-order valence-corrected chi connectivity index (χ2v) is 8.37. The Labute approximate surface area is 169 Å². The van der Waals surface area contributed by atoms with Gasteiger partial charge in [-0.25, -0.2) is 9.18 Å². The van der Waals surface area contributed by atoms with Gasteiger partial charge >= 0.3 is 5.97 Å². The van der Waals surface area contributed by atoms with Crippen LogP contribution in [-0.2, 0) is 0 Å². The number of anilines is 1. The topological polar surface area (TPSA) is 74.0 Å². The highest BCUT2D eigenvalue weighted by atomic mass is 19.1. The second-order valence-electron chi connectivity index (χ2n) is 8.37. The maximum absolute atomic E-state index is 15.2. The van der Waals surface area contributed by atoms with E-state index in [1.165, 1.54) is 16.7 Å². The molecule has 1 saturated carbocycles. The molecule has 2 aliphatic rings. The zero-order valence-corrected chi connectivity index (χ0v) is 17.2. The minimum absolute atomic E-state index is 0.237. The largest absolute Gasteiger partial charge is 0.477 e. The fourth-order valence-corrected chi connectivity index (χ4v) is 4.98. The van der Waals surface area contributed by atoms with Gasteiger partial charge in [0.2, 0.25) is 0 Å². The summed E-state index contributed by atoms with van der Waals surface area (Å²) in [6.07, 6.45) is 5.12. The van der Waals surface area contributed by atoms with Crippen LogP contribution in [0.2, 0.25) is 0 Å². The van der Waals surface area contributed by atoms with Gasteiger partial charge in [0.1, 0.15) is 5.56 Å². The van der Waals surface area contributed by atoms with Crippen molar-refractivity contribution in [2.45, 2.75) is 51.5 Å². The molecule has 2 aromatic heterocycles. The molecule has 4 rings (SSSR count). The molecule has 1 unspecified atom stereocenters. The maximum Gasteiger partial charge on any atom is 0.341 e. The molecule has 0 bridgehead atoms. The molecule has 2 fully saturated rings. The van der Waals surface area contributed by atoms with Crippen LogP contribution in [0.5, 0.6) is 0 Å². The molecule has 7 heteroatoms. The number of aryl methyl sites for hydroxylation is 1. The Kier molecular flexibility index (Phi) is 5.11. The van der Waals surface area contributed by atoms with Crippen molar-refractivity contribution in [1.82, 2.24) is 9.72 Å². The van der Waals surface area contributed by atoms with E-state index in [1.807, 2.05) is 14.0 Å². The summed E-state index contributed by atoms with van der Waals surface area (Å²) in [5.41, 5.74) is 1.81. The van der Waals surface area contributed by atoms with Crippen LogP contribution in [0.25, 0.3) is 5.52 Å². The van der Waals surface area contributed by atoms with Crippen molar-refractivity contribution in [2.75, 3.05) is 25.0 Å². The molecule has 1 aliphatic carbocycles. The zero-order chi connectivity index (χ0) is 20.9. The Morgan fingerprint density at radius 1 is 1.38 bits per heavy atom. The molecule has 0 aromatic carbocycles. The monoisotopic (exact) mass is 401 g/mol. The summed E-state index contributed by atoms with van der Waals surface area (Å²) in [4.78, 5) is 26.3. The van der Waals surface area contributed by atoms with Gasteiger partial charge in [0, 0.05) is 19.1 Å². The number of hydrogen-bond donors (Lipinski definition) is 2. The lowest BCUT2D eigenvalue weighted by molar-refractivity contribution is 0.0694. The molecule has 0 spiro atoms. The fourth-order valence-electron chi connectivity index (χ4n) is 4.98. The maximum atomic E-state index is 15.2. The van der Waals surface area contributed by atoms with Crippen molar-refractivity contribution in [1.29, 1.82) is 0 Å². The number of carbonyl (C=O) groups is 1. The first kappa shape index (κ1) is 19.9. The number of hydrogen-bond acceptors (Lipinski definition) is 4. The standard InChI is InChI=1S/C22H28FN3O3/c1-4-18(24-3)14-7-8-25(10-14)20-12(2)19-15(13-5-6-13)9-16(22(28)29)21(27)26(19)11-17(20)23/h9,11,13-14,18,24H,4-8,10H2,1-3H3,(H,28,29)/t14?,18-/m0/s1. The summed E-state index contributed by atoms with van der Waals surface area (Å²) in [5, 5.41) is 12.8. The molecule has 29 heavy (non-hydrogen) atoms. The van der Waals surface area contributed by atoms with Gasteiger partial charge in [-0.3, -0.25) is 9.20 Å². The quantitative estimate of drug-likeness (QED) is 0.778. The smallest absolute Gasteiger partial charge is 0.341 e. The van der Waals surface area contributed by atoms with Crippen molar-refractivity contribution in [3.05, 3.63) is 45.1 Å². The highest BCUT2D eigenvalue weighted by molar-refractivity contribution is 5.89. The highest BCUT2D eigenvalue weighted by Gasteiger charge is 2.33. The first-order valence-corrected chi connectivity index (χ1v) is 10.4. The van der Waals surface area contributed by atoms with E-state index in [-0.39, 0.29) is 11.5 Å². The van der Waals surface area contributed by atoms with Gasteiger partial charge in [-0.15, -0.1) is 0 Å². The van der Waals surface area contributed by atoms with E-state index in [9.17, 15) is 14.7 Å². The summed E-state index contributed by atoms with van der Waals surface area (Å²) < 4.78 is 16.4. The number of nitrogens with zero attached hydrogens (tertiary/aromatic N) is 2. The third kappa shape index (κ3) is 3.31. The summed E-state index contributed by atoms with van der Waals surface area (Å²) in [5.74, 6) is -1.06. The van der Waals surface area contributed by atoms with Crippen LogP contribution in [0, 0.1) is 18.7 Å². The number of pyridine rings is 2. The molecule has 2 aromatic rings. The predicted molar refractivity (Wildman–Crippen MR) is 111 cm³/mol. The molecule has 2 N–H and O–H groups in total. The number of nitrogens with one attached hydrogen (secondary N) is 1. The second kappa shape index (κ2) is 7.44. The minimum atomic E-state index is -1.27. The van der Waals surface area contributed by atoms with E-state index >= 15 is 4.39 Å². The summed E-state index contributed by atoms with van der Waals surface area (Å²) >= 11 is 0. The van der Waals surface area contributed by atoms with E-state index in [1.54, 1.807) is 0 Å². The van der Waals surface area contributed by atoms with Crippen LogP contribution in [0.3, 0.4) is 0 Å². The van der Waals surface area contributed by atoms with Crippen LogP contribution >= 0.6 is 0 Å². The van der Waals surface area contributed by atoms with Crippen molar-refractivity contribution in [3.8, 4) is 0 Å². The lowest BCUT2D eigenvalue weighted by Gasteiger charge is -2.26. The third-order valence-electron chi connectivity index (χ3n) is 6.61. The number of rotatable bonds is 6. The Bertz CT molecular complexity index is 1020. The van der Waals surface area contributed by atoms with Gasteiger partial charge in [-0.2, -0.15) is 0 Å². The molecule has 3 heterocycles. The van der Waals surface area contributed by atoms with E-state index < -0.39 is 17.3 Å². The number of aromatic carboxylic acids is 1. The zero-order valence-electron chi connectivity index (χ0n) is 17.2. The van der Waals surface area contributed by atoms with Crippen LogP contribution in [-0.4, -0.2) is 41.7 Å². The Morgan fingerprint density at radius 3 is 2.69 bits per heavy atom. The molecule has 1 aliphatic heterocycles. The summed E-state index contributed by atoms with van der Waals surface area (Å²) in [6.45, 7) is 5.54. The van der Waals surface area contributed by atoms with E-state index in [2.05, 4.69) is 17.1 Å². The van der Waals surface area contributed by atoms with Crippen molar-refractivity contribution in [2.24, 2.45) is 5.92 Å². The van der Waals surface area contributed by atoms with Crippen molar-refractivity contribution < 1.29 is 14.3 Å². The van der Waals surface area contributed by atoms with Gasteiger partial charge < -0.3 is 15.3 Å². The third-order valence-corrected chi connectivity index (χ3v) is 6.61. The average molecular weight is 401 g/mol. The SMILES string of the molecule is CC[C@H](NC)C1CCN(c2c(F)cn3c(=O)c(C(=O)O)cc(C4CC4)c3c2C)C1. The molecule has 1 saturated heterocycles. The highest BCUT2D eigenvalue weighted by Crippen LogP contribution is 2.44. The molecular weight excluding hydrogens is 373 g/mol. The average Bonchev–Trinajstić information content (AvgIpc) is 3.42. The first-order valence-electron chi connectivity index (χ1n) is 10.4. The number of carboxylic acid groups (broad SMARTS) is 1. The van der Waals surface area contributed by atoms with Crippen LogP contribution in [0.1, 0.15) is 60.0 Å². The normalized spacial score (nSPS) is 20.4. The van der Waals surface area contributed by atoms with Crippen LogP contribution < -0.4 is 15.8 Å². The number of aromatic nitrogens is 1. The predicted octanol–water partition coefficient (Wildman–Crippen LogP) is 3.15. The minimum Gasteiger partial charge on any atom is -0.477 e. The van der Waals surface area contributed by atoms with Crippen LogP contribution in [0.4, 0.5) is 10.1 Å². The molecule has 156 valence electrons. The van der Waals surface area contributed by atoms with Gasteiger partial charge in [-0.05, 0) is 68.7 Å². The van der Waals surface area contributed by atoms with E-state index in [0.717, 1.165) is 49.9 Å². The molecule has 6 nitrogen and oxygen atoms in total. The fraction of sp³-hybridized carbons (Fsp3) is 0.545. The van der Waals surface area contributed by atoms with E-state index in [4.69, 9.17) is 0 Å². The first-order chi connectivity index (χ1) is 13.9. The Balaban J connectivity index is 1.85. The summed E-state index contributed by atoms with van der Waals surface area (Å²) in [7, 11) is 1.97. The van der Waals surface area contributed by atoms with Crippen molar-refractivity contribution in [3.63, 3.8) is 0 Å². The van der Waals surface area contributed by atoms with Gasteiger partial charge in [0.25, 0.3) is 5.56 Å². The van der Waals surface area contributed by atoms with Gasteiger partial charge in [0.15, 0.2) is 5.82 Å². The lowest BCUT2D eigenvalue weighted by Crippen LogP contribution is -2.35. The van der Waals surface area contributed by atoms with E-state index in [0.29, 0.717) is 23.2 Å². The molecular formula is C22H28FN3O3. The number of halogens is 1. The number of carboxylic acids is 1. The van der Waals surface area contributed by atoms with Gasteiger partial charge in [0.05, 0.1) is 17.4 Å². The van der Waals surface area contributed by atoms with Crippen LogP contribution in [0.15, 0.2) is 17.1 Å². The van der Waals surface area contributed by atoms with Crippen molar-refractivity contribution >= 4 is 17.2 Å². The number of fused-ring (bicyclic) bond motifs is 1. The Morgan fingerprint density at radius 2 is 2.10 bits per heavy atom. The van der Waals surface area contributed by atoms with Gasteiger partial charge in [-0.1, -0.05) is 6.92 Å². The Hall–Kier alpha value is -2.41. The summed E-state index contributed by atoms with van der Waals surface area (Å²) in [6, 6.07) is 1.90. The lowest BCUT2D eigenvalue weighted by atomic mass is 9.97. The molecule has 0 amide bonds.